The third-order valence-electron chi connectivity index (χ3n) is 1.30. The third-order valence-corrected chi connectivity index (χ3v) is 1.30. The van der Waals surface area contributed by atoms with Crippen molar-refractivity contribution in [1.29, 1.82) is 0 Å². The Kier molecular flexibility index (Phi) is 1.56. The Labute approximate surface area is 55.5 Å². The molecule has 0 aliphatic carbocycles. The van der Waals surface area contributed by atoms with Crippen molar-refractivity contribution in [3.8, 4) is 0 Å². The molecule has 2 heteroatoms. The largest absolute Gasteiger partial charge is 0.333 e. The Morgan fingerprint density at radius 2 is 2.44 bits per heavy atom. The van der Waals surface area contributed by atoms with E-state index in [1.807, 2.05) is 17.7 Å². The fraction of sp³-hybridized carbons (Fsp3) is 0.429. The van der Waals surface area contributed by atoms with Crippen LogP contribution in [0.25, 0.3) is 0 Å². The lowest BCUT2D eigenvalue weighted by molar-refractivity contribution is 0.888. The number of hydrogen-bond donors (Lipinski definition) is 0. The molecule has 0 saturated carbocycles. The van der Waals surface area contributed by atoms with Crippen molar-refractivity contribution in [3.05, 3.63) is 24.8 Å². The van der Waals surface area contributed by atoms with Crippen LogP contribution in [-0.4, -0.2) is 9.55 Å². The van der Waals surface area contributed by atoms with Gasteiger partial charge in [0.25, 0.3) is 0 Å². The molecule has 0 aliphatic rings. The molecule has 1 rings (SSSR count). The van der Waals surface area contributed by atoms with Crippen LogP contribution >= 0.6 is 0 Å². The Balaban J connectivity index is 3.01. The van der Waals surface area contributed by atoms with Crippen LogP contribution < -0.4 is 0 Å². The van der Waals surface area contributed by atoms with Crippen molar-refractivity contribution in [1.82, 2.24) is 9.55 Å². The molecular formula is C7H11N2. The van der Waals surface area contributed by atoms with E-state index < -0.39 is 0 Å². The predicted octanol–water partition coefficient (Wildman–Crippen LogP) is 1.39. The van der Waals surface area contributed by atoms with Crippen molar-refractivity contribution >= 4 is 0 Å². The molecule has 1 aromatic heterocycles. The molecule has 0 atom stereocenters. The van der Waals surface area contributed by atoms with Crippen molar-refractivity contribution in [2.24, 2.45) is 0 Å². The maximum Gasteiger partial charge on any atom is 0.108 e. The smallest absolute Gasteiger partial charge is 0.108 e. The maximum atomic E-state index is 4.23. The van der Waals surface area contributed by atoms with Crippen LogP contribution in [0, 0.1) is 14.0 Å². The Bertz CT molecular complexity index is 201. The molecule has 0 aromatic carbocycles. The number of aryl methyl sites for hydroxylation is 2. The van der Waals surface area contributed by atoms with Crippen LogP contribution in [0.5, 0.6) is 0 Å². The fourth-order valence-corrected chi connectivity index (χ4v) is 0.879. The van der Waals surface area contributed by atoms with Gasteiger partial charge in [-0.2, -0.15) is 0 Å². The Hall–Kier alpha value is -0.790. The standard InChI is InChI=1S/C7H11N2/c1-4-7-8-6(2)5-9(7)3/h5H,3-4H2,1-2H3. The second-order valence-corrected chi connectivity index (χ2v) is 2.12. The number of imidazole rings is 1. The van der Waals surface area contributed by atoms with Gasteiger partial charge in [0, 0.05) is 19.7 Å². The lowest BCUT2D eigenvalue weighted by Crippen LogP contribution is -1.91. The average Bonchev–Trinajstić information content (AvgIpc) is 2.10. The van der Waals surface area contributed by atoms with E-state index in [0.29, 0.717) is 0 Å². The molecule has 0 amide bonds. The summed E-state index contributed by atoms with van der Waals surface area (Å²) in [5.74, 6) is 1.05. The number of rotatable bonds is 1. The van der Waals surface area contributed by atoms with Crippen molar-refractivity contribution < 1.29 is 0 Å². The van der Waals surface area contributed by atoms with Crippen molar-refractivity contribution in [2.75, 3.05) is 0 Å². The van der Waals surface area contributed by atoms with Crippen LogP contribution in [0.3, 0.4) is 0 Å². The molecular weight excluding hydrogens is 112 g/mol. The highest BCUT2D eigenvalue weighted by molar-refractivity contribution is 5.02. The van der Waals surface area contributed by atoms with Gasteiger partial charge in [-0.1, -0.05) is 6.92 Å². The van der Waals surface area contributed by atoms with E-state index in [-0.39, 0.29) is 0 Å². The van der Waals surface area contributed by atoms with Crippen LogP contribution in [0.4, 0.5) is 0 Å². The van der Waals surface area contributed by atoms with E-state index in [9.17, 15) is 0 Å². The van der Waals surface area contributed by atoms with Gasteiger partial charge in [-0.05, 0) is 6.92 Å². The van der Waals surface area contributed by atoms with Crippen LogP contribution in [0.2, 0.25) is 0 Å². The highest BCUT2D eigenvalue weighted by Crippen LogP contribution is 1.99. The van der Waals surface area contributed by atoms with Gasteiger partial charge in [-0.15, -0.1) is 0 Å². The molecule has 0 N–H and O–H groups in total. The zero-order valence-electron chi connectivity index (χ0n) is 5.89. The highest BCUT2D eigenvalue weighted by atomic mass is 15.0. The van der Waals surface area contributed by atoms with Gasteiger partial charge in [0.1, 0.15) is 5.82 Å². The number of nitrogens with zero attached hydrogens (tertiary/aromatic N) is 2. The van der Waals surface area contributed by atoms with E-state index >= 15 is 0 Å². The second-order valence-electron chi connectivity index (χ2n) is 2.12. The number of aromatic nitrogens is 2. The van der Waals surface area contributed by atoms with Gasteiger partial charge in [0.2, 0.25) is 0 Å². The topological polar surface area (TPSA) is 17.8 Å². The van der Waals surface area contributed by atoms with Crippen LogP contribution in [-0.2, 0) is 6.42 Å². The summed E-state index contributed by atoms with van der Waals surface area (Å²) < 4.78 is 1.81. The summed E-state index contributed by atoms with van der Waals surface area (Å²) in [6.07, 6.45) is 2.89. The van der Waals surface area contributed by atoms with Gasteiger partial charge in [-0.25, -0.2) is 4.98 Å². The van der Waals surface area contributed by atoms with E-state index in [1.54, 1.807) is 0 Å². The first-order valence-corrected chi connectivity index (χ1v) is 3.09. The average molecular weight is 123 g/mol. The first-order chi connectivity index (χ1) is 4.24. The Morgan fingerprint density at radius 3 is 2.67 bits per heavy atom. The minimum atomic E-state index is 0.956. The van der Waals surface area contributed by atoms with Gasteiger partial charge in [0.05, 0.1) is 5.69 Å². The molecule has 1 radical (unpaired) electrons. The van der Waals surface area contributed by atoms with E-state index in [2.05, 4.69) is 19.0 Å². The predicted molar refractivity (Wildman–Crippen MR) is 37.1 cm³/mol. The van der Waals surface area contributed by atoms with E-state index in [1.165, 1.54) is 0 Å². The van der Waals surface area contributed by atoms with Crippen LogP contribution in [0.15, 0.2) is 6.20 Å². The van der Waals surface area contributed by atoms with E-state index in [0.717, 1.165) is 17.9 Å². The highest BCUT2D eigenvalue weighted by Gasteiger charge is 1.96. The van der Waals surface area contributed by atoms with Crippen molar-refractivity contribution in [3.63, 3.8) is 0 Å². The normalized spacial score (nSPS) is 10.1. The zero-order valence-corrected chi connectivity index (χ0v) is 5.89. The molecule has 0 aliphatic heterocycles. The summed E-state index contributed by atoms with van der Waals surface area (Å²) in [4.78, 5) is 4.23. The zero-order chi connectivity index (χ0) is 6.85. The molecule has 9 heavy (non-hydrogen) atoms. The SMILES string of the molecule is [CH2]n1cc(C)nc1CC. The molecule has 0 bridgehead atoms. The van der Waals surface area contributed by atoms with Gasteiger partial charge >= 0.3 is 0 Å². The quantitative estimate of drug-likeness (QED) is 0.551. The van der Waals surface area contributed by atoms with E-state index in [4.69, 9.17) is 0 Å². The maximum absolute atomic E-state index is 4.23. The Morgan fingerprint density at radius 1 is 1.78 bits per heavy atom. The summed E-state index contributed by atoms with van der Waals surface area (Å²) in [5.41, 5.74) is 1.04. The summed E-state index contributed by atoms with van der Waals surface area (Å²) in [6.45, 7) is 4.05. The molecule has 0 spiro atoms. The van der Waals surface area contributed by atoms with Gasteiger partial charge < -0.3 is 4.57 Å². The monoisotopic (exact) mass is 123 g/mol. The molecule has 0 fully saturated rings. The number of hydrogen-bond acceptors (Lipinski definition) is 1. The van der Waals surface area contributed by atoms with Crippen LogP contribution in [0.1, 0.15) is 18.4 Å². The minimum Gasteiger partial charge on any atom is -0.333 e. The molecule has 1 heterocycles. The minimum absolute atomic E-state index is 0.956. The molecule has 0 saturated heterocycles. The molecule has 1 aromatic rings. The summed E-state index contributed by atoms with van der Waals surface area (Å²) in [6, 6.07) is 0. The van der Waals surface area contributed by atoms with Gasteiger partial charge in [-0.3, -0.25) is 0 Å². The first kappa shape index (κ1) is 6.33. The fourth-order valence-electron chi connectivity index (χ4n) is 0.879. The van der Waals surface area contributed by atoms with Gasteiger partial charge in [0.15, 0.2) is 0 Å². The summed E-state index contributed by atoms with van der Waals surface area (Å²) >= 11 is 0. The second kappa shape index (κ2) is 2.21. The summed E-state index contributed by atoms with van der Waals surface area (Å²) in [7, 11) is 3.77. The first-order valence-electron chi connectivity index (χ1n) is 3.09. The van der Waals surface area contributed by atoms with Crippen molar-refractivity contribution in [2.45, 2.75) is 20.3 Å². The molecule has 2 nitrogen and oxygen atoms in total. The molecule has 0 unspecified atom stereocenters. The lowest BCUT2D eigenvalue weighted by Gasteiger charge is -1.92. The summed E-state index contributed by atoms with van der Waals surface area (Å²) in [5, 5.41) is 0. The lowest BCUT2D eigenvalue weighted by atomic mass is 10.5. The molecule has 49 valence electrons. The third kappa shape index (κ3) is 1.12.